The average Bonchev–Trinajstić information content (AvgIpc) is 2.42. The van der Waals surface area contributed by atoms with E-state index in [2.05, 4.69) is 9.72 Å². The van der Waals surface area contributed by atoms with Gasteiger partial charge in [-0.25, -0.2) is 4.98 Å². The van der Waals surface area contributed by atoms with Gasteiger partial charge >= 0.3 is 6.18 Å². The maximum Gasteiger partial charge on any atom is 0.421 e. The topological polar surface area (TPSA) is 51.6 Å². The second kappa shape index (κ2) is 6.78. The molecule has 132 valence electrons. The van der Waals surface area contributed by atoms with Gasteiger partial charge in [0.2, 0.25) is 5.88 Å². The van der Waals surface area contributed by atoms with Gasteiger partial charge in [-0.2, -0.15) is 13.2 Å². The van der Waals surface area contributed by atoms with Gasteiger partial charge in [0.25, 0.3) is 0 Å². The van der Waals surface area contributed by atoms with Crippen LogP contribution in [0.3, 0.4) is 0 Å². The van der Waals surface area contributed by atoms with Crippen LogP contribution < -0.4 is 4.74 Å². The van der Waals surface area contributed by atoms with Crippen LogP contribution in [0.4, 0.5) is 13.2 Å². The number of aliphatic hydroxyl groups is 1. The van der Waals surface area contributed by atoms with E-state index in [1.54, 1.807) is 0 Å². The summed E-state index contributed by atoms with van der Waals surface area (Å²) < 4.78 is 49.4. The summed E-state index contributed by atoms with van der Waals surface area (Å²) in [5.74, 6) is -0.515. The molecule has 1 aromatic heterocycles. The highest BCUT2D eigenvalue weighted by Crippen LogP contribution is 2.38. The molecule has 1 rings (SSSR count). The van der Waals surface area contributed by atoms with Gasteiger partial charge in [0, 0.05) is 11.8 Å². The van der Waals surface area contributed by atoms with E-state index in [0.29, 0.717) is 0 Å². The van der Waals surface area contributed by atoms with Crippen LogP contribution in [0.2, 0.25) is 18.1 Å². The molecule has 0 radical (unpaired) electrons. The van der Waals surface area contributed by atoms with Gasteiger partial charge in [-0.3, -0.25) is 0 Å². The minimum Gasteiger partial charge on any atom is -0.481 e. The lowest BCUT2D eigenvalue weighted by molar-refractivity contribution is -0.139. The largest absolute Gasteiger partial charge is 0.481 e. The number of pyridine rings is 1. The molecule has 23 heavy (non-hydrogen) atoms. The number of methoxy groups -OCH3 is 1. The van der Waals surface area contributed by atoms with Gasteiger partial charge in [-0.15, -0.1) is 0 Å². The number of nitrogens with zero attached hydrogens (tertiary/aromatic N) is 1. The maximum absolute atomic E-state index is 13.0. The first-order chi connectivity index (χ1) is 10.3. The molecule has 0 saturated heterocycles. The van der Waals surface area contributed by atoms with Crippen LogP contribution in [0.15, 0.2) is 12.3 Å². The summed E-state index contributed by atoms with van der Waals surface area (Å²) in [5.41, 5.74) is -0.958. The number of hydrogen-bond acceptors (Lipinski definition) is 4. The molecule has 1 N–H and O–H groups in total. The molecule has 0 saturated carbocycles. The summed E-state index contributed by atoms with van der Waals surface area (Å²) in [6, 6.07) is 0.853. The highest BCUT2D eigenvalue weighted by molar-refractivity contribution is 6.74. The molecule has 1 unspecified atom stereocenters. The van der Waals surface area contributed by atoms with Gasteiger partial charge in [-0.1, -0.05) is 20.8 Å². The van der Waals surface area contributed by atoms with E-state index in [0.717, 1.165) is 13.2 Å². The molecule has 0 fully saturated rings. The third-order valence-corrected chi connectivity index (χ3v) is 8.66. The van der Waals surface area contributed by atoms with E-state index in [1.807, 2.05) is 33.9 Å². The number of aromatic nitrogens is 1. The number of hydrogen-bond donors (Lipinski definition) is 1. The first-order valence-corrected chi connectivity index (χ1v) is 10.1. The number of halogens is 3. The maximum atomic E-state index is 13.0. The summed E-state index contributed by atoms with van der Waals surface area (Å²) in [6.45, 7) is 10.1. The van der Waals surface area contributed by atoms with Crippen molar-refractivity contribution in [3.05, 3.63) is 23.4 Å². The first-order valence-electron chi connectivity index (χ1n) is 7.23. The van der Waals surface area contributed by atoms with Crippen molar-refractivity contribution in [2.45, 2.75) is 51.2 Å². The van der Waals surface area contributed by atoms with E-state index in [-0.39, 0.29) is 17.2 Å². The van der Waals surface area contributed by atoms with Gasteiger partial charge < -0.3 is 14.3 Å². The first kappa shape index (κ1) is 19.9. The summed E-state index contributed by atoms with van der Waals surface area (Å²) in [6.07, 6.45) is -4.61. The molecule has 0 aliphatic carbocycles. The SMILES string of the molecule is COc1ncc(C(O)CO[Si](C)(C)C(C)(C)C)cc1C(F)(F)F. The summed E-state index contributed by atoms with van der Waals surface area (Å²) in [7, 11) is -0.977. The van der Waals surface area contributed by atoms with Crippen molar-refractivity contribution in [2.24, 2.45) is 0 Å². The third kappa shape index (κ3) is 4.92. The zero-order chi connectivity index (χ0) is 18.1. The number of ether oxygens (including phenoxy) is 1. The van der Waals surface area contributed by atoms with E-state index in [1.165, 1.54) is 6.20 Å². The van der Waals surface area contributed by atoms with E-state index >= 15 is 0 Å². The highest BCUT2D eigenvalue weighted by Gasteiger charge is 2.38. The molecular formula is C15H24F3NO3Si. The van der Waals surface area contributed by atoms with Crippen LogP contribution in [-0.2, 0) is 10.6 Å². The van der Waals surface area contributed by atoms with E-state index < -0.39 is 32.0 Å². The summed E-state index contributed by atoms with van der Waals surface area (Å²) >= 11 is 0. The highest BCUT2D eigenvalue weighted by atomic mass is 28.4. The van der Waals surface area contributed by atoms with Gasteiger partial charge in [0.1, 0.15) is 11.7 Å². The van der Waals surface area contributed by atoms with Crippen LogP contribution in [0, 0.1) is 0 Å². The zero-order valence-electron chi connectivity index (χ0n) is 14.3. The Labute approximate surface area is 135 Å². The van der Waals surface area contributed by atoms with Crippen molar-refractivity contribution in [2.75, 3.05) is 13.7 Å². The van der Waals surface area contributed by atoms with E-state index in [4.69, 9.17) is 4.43 Å². The third-order valence-electron chi connectivity index (χ3n) is 4.16. The second-order valence-electron chi connectivity index (χ2n) is 6.91. The molecule has 8 heteroatoms. The normalized spacial score (nSPS) is 14.7. The van der Waals surface area contributed by atoms with Gasteiger partial charge in [0.05, 0.1) is 13.7 Å². The van der Waals surface area contributed by atoms with Crippen molar-refractivity contribution in [1.82, 2.24) is 4.98 Å². The molecule has 0 aliphatic rings. The van der Waals surface area contributed by atoms with Gasteiger partial charge in [0.15, 0.2) is 8.32 Å². The minimum atomic E-state index is -4.60. The number of aliphatic hydroxyl groups excluding tert-OH is 1. The molecule has 0 aliphatic heterocycles. The molecule has 1 heterocycles. The van der Waals surface area contributed by atoms with Crippen molar-refractivity contribution in [3.63, 3.8) is 0 Å². The fraction of sp³-hybridized carbons (Fsp3) is 0.667. The van der Waals surface area contributed by atoms with Crippen molar-refractivity contribution < 1.29 is 27.4 Å². The number of rotatable bonds is 5. The monoisotopic (exact) mass is 351 g/mol. The minimum absolute atomic E-state index is 0.0526. The molecule has 0 bridgehead atoms. The van der Waals surface area contributed by atoms with Crippen LogP contribution >= 0.6 is 0 Å². The Kier molecular flexibility index (Phi) is 5.87. The molecule has 1 atom stereocenters. The molecule has 0 spiro atoms. The molecule has 4 nitrogen and oxygen atoms in total. The summed E-state index contributed by atoms with van der Waals surface area (Å²) in [4.78, 5) is 3.63. The molecule has 0 aromatic carbocycles. The standard InChI is InChI=1S/C15H24F3NO3Si/c1-14(2,3)23(5,6)22-9-12(20)10-7-11(15(16,17)18)13(21-4)19-8-10/h7-8,12,20H,9H2,1-6H3. The smallest absolute Gasteiger partial charge is 0.421 e. The second-order valence-corrected chi connectivity index (χ2v) is 11.7. The van der Waals surface area contributed by atoms with Crippen molar-refractivity contribution >= 4 is 8.32 Å². The van der Waals surface area contributed by atoms with Crippen LogP contribution in [0.25, 0.3) is 0 Å². The predicted octanol–water partition coefficient (Wildman–Crippen LogP) is 4.16. The lowest BCUT2D eigenvalue weighted by atomic mass is 10.1. The van der Waals surface area contributed by atoms with Crippen LogP contribution in [0.5, 0.6) is 5.88 Å². The molecule has 1 aromatic rings. The Morgan fingerprint density at radius 3 is 2.26 bits per heavy atom. The Hall–Kier alpha value is -1.12. The van der Waals surface area contributed by atoms with E-state index in [9.17, 15) is 18.3 Å². The lowest BCUT2D eigenvalue weighted by Gasteiger charge is -2.36. The Bertz CT molecular complexity index is 542. The fourth-order valence-electron chi connectivity index (χ4n) is 1.62. The van der Waals surface area contributed by atoms with Crippen LogP contribution in [-0.4, -0.2) is 32.1 Å². The number of alkyl halides is 3. The lowest BCUT2D eigenvalue weighted by Crippen LogP contribution is -2.41. The Balaban J connectivity index is 2.95. The molecular weight excluding hydrogens is 327 g/mol. The quantitative estimate of drug-likeness (QED) is 0.809. The zero-order valence-corrected chi connectivity index (χ0v) is 15.3. The van der Waals surface area contributed by atoms with Crippen molar-refractivity contribution in [1.29, 1.82) is 0 Å². The molecule has 0 amide bonds. The Morgan fingerprint density at radius 2 is 1.83 bits per heavy atom. The fourth-order valence-corrected chi connectivity index (χ4v) is 2.62. The average molecular weight is 351 g/mol. The van der Waals surface area contributed by atoms with Gasteiger partial charge in [-0.05, 0) is 24.2 Å². The summed E-state index contributed by atoms with van der Waals surface area (Å²) in [5, 5.41) is 10.1. The van der Waals surface area contributed by atoms with Crippen LogP contribution in [0.1, 0.15) is 38.0 Å². The Morgan fingerprint density at radius 1 is 1.26 bits per heavy atom. The van der Waals surface area contributed by atoms with Crippen molar-refractivity contribution in [3.8, 4) is 5.88 Å². The predicted molar refractivity (Wildman–Crippen MR) is 83.9 cm³/mol.